The van der Waals surface area contributed by atoms with Gasteiger partial charge in [0.05, 0.1) is 0 Å². The molecule has 0 amide bonds. The fourth-order valence-electron chi connectivity index (χ4n) is 3.10. The third kappa shape index (κ3) is 2.69. The van der Waals surface area contributed by atoms with E-state index >= 15 is 0 Å². The zero-order chi connectivity index (χ0) is 13.9. The summed E-state index contributed by atoms with van der Waals surface area (Å²) in [4.78, 5) is 15.6. The van der Waals surface area contributed by atoms with Gasteiger partial charge in [0.15, 0.2) is 5.65 Å². The van der Waals surface area contributed by atoms with Crippen LogP contribution in [0.3, 0.4) is 0 Å². The quantitative estimate of drug-likeness (QED) is 0.897. The van der Waals surface area contributed by atoms with Crippen molar-refractivity contribution in [3.05, 3.63) is 22.9 Å². The average molecular weight is 275 g/mol. The summed E-state index contributed by atoms with van der Waals surface area (Å²) in [5.74, 6) is 1.70. The summed E-state index contributed by atoms with van der Waals surface area (Å²) in [5.41, 5.74) is 0.353. The number of anilines is 1. The van der Waals surface area contributed by atoms with Crippen molar-refractivity contribution >= 4 is 11.5 Å². The molecule has 2 aromatic heterocycles. The molecule has 0 saturated heterocycles. The molecular weight excluding hydrogens is 254 g/mol. The van der Waals surface area contributed by atoms with Crippen molar-refractivity contribution in [1.29, 1.82) is 0 Å². The van der Waals surface area contributed by atoms with Gasteiger partial charge in [-0.15, -0.1) is 0 Å². The summed E-state index contributed by atoms with van der Waals surface area (Å²) in [7, 11) is 0. The molecule has 20 heavy (non-hydrogen) atoms. The minimum absolute atomic E-state index is 0.251. The lowest BCUT2D eigenvalue weighted by Crippen LogP contribution is -2.26. The standard InChI is InChI=1S/C14H21N5O/c1-2-3-10-4-6-11(7-5-10)16-12-8-13-17-18-14(20)19(13)9-15-12/h8-11,16H,2-7H2,1H3,(H,18,20). The van der Waals surface area contributed by atoms with Crippen LogP contribution in [0.4, 0.5) is 5.82 Å². The predicted octanol–water partition coefficient (Wildman–Crippen LogP) is 2.19. The molecule has 0 aliphatic heterocycles. The van der Waals surface area contributed by atoms with Crippen molar-refractivity contribution in [1.82, 2.24) is 19.6 Å². The van der Waals surface area contributed by atoms with Crippen molar-refractivity contribution in [2.45, 2.75) is 51.5 Å². The second-order valence-corrected chi connectivity index (χ2v) is 5.68. The smallest absolute Gasteiger partial charge is 0.348 e. The van der Waals surface area contributed by atoms with Crippen LogP contribution in [-0.4, -0.2) is 25.6 Å². The Morgan fingerprint density at radius 3 is 2.95 bits per heavy atom. The minimum atomic E-state index is -0.251. The molecule has 6 heteroatoms. The van der Waals surface area contributed by atoms with E-state index in [9.17, 15) is 4.79 Å². The molecule has 0 atom stereocenters. The van der Waals surface area contributed by atoms with Crippen LogP contribution in [-0.2, 0) is 0 Å². The van der Waals surface area contributed by atoms with Gasteiger partial charge in [0.1, 0.15) is 12.1 Å². The zero-order valence-corrected chi connectivity index (χ0v) is 11.8. The maximum Gasteiger partial charge on any atom is 0.348 e. The molecule has 0 aromatic carbocycles. The van der Waals surface area contributed by atoms with Crippen LogP contribution in [0, 0.1) is 5.92 Å². The highest BCUT2D eigenvalue weighted by molar-refractivity contribution is 5.48. The Hall–Kier alpha value is -1.85. The number of hydrogen-bond donors (Lipinski definition) is 2. The first-order valence-corrected chi connectivity index (χ1v) is 7.45. The SMILES string of the molecule is CCCC1CCC(Nc2cc3n[nH]c(=O)n3cn2)CC1. The van der Waals surface area contributed by atoms with Crippen LogP contribution in [0.2, 0.25) is 0 Å². The van der Waals surface area contributed by atoms with E-state index in [1.807, 2.05) is 6.07 Å². The third-order valence-electron chi connectivity index (χ3n) is 4.21. The number of rotatable bonds is 4. The molecule has 2 N–H and O–H groups in total. The van der Waals surface area contributed by atoms with Gasteiger partial charge in [-0.2, -0.15) is 5.10 Å². The summed E-state index contributed by atoms with van der Waals surface area (Å²) >= 11 is 0. The Morgan fingerprint density at radius 2 is 2.20 bits per heavy atom. The van der Waals surface area contributed by atoms with E-state index in [0.717, 1.165) is 11.7 Å². The van der Waals surface area contributed by atoms with E-state index in [1.54, 1.807) is 0 Å². The Morgan fingerprint density at radius 1 is 1.40 bits per heavy atom. The van der Waals surface area contributed by atoms with Gasteiger partial charge in [0.2, 0.25) is 0 Å². The summed E-state index contributed by atoms with van der Waals surface area (Å²) < 4.78 is 1.41. The molecule has 1 aliphatic rings. The third-order valence-corrected chi connectivity index (χ3v) is 4.21. The molecule has 0 unspecified atom stereocenters. The van der Waals surface area contributed by atoms with Gasteiger partial charge in [0, 0.05) is 12.1 Å². The molecule has 0 bridgehead atoms. The fraction of sp³-hybridized carbons (Fsp3) is 0.643. The molecule has 1 fully saturated rings. The highest BCUT2D eigenvalue weighted by atomic mass is 16.1. The van der Waals surface area contributed by atoms with E-state index in [-0.39, 0.29) is 5.69 Å². The molecule has 2 heterocycles. The van der Waals surface area contributed by atoms with Gasteiger partial charge in [-0.25, -0.2) is 19.3 Å². The van der Waals surface area contributed by atoms with Crippen LogP contribution in [0.15, 0.2) is 17.2 Å². The highest BCUT2D eigenvalue weighted by Crippen LogP contribution is 2.29. The van der Waals surface area contributed by atoms with Crippen molar-refractivity contribution in [2.24, 2.45) is 5.92 Å². The second kappa shape index (κ2) is 5.64. The maximum absolute atomic E-state index is 11.4. The van der Waals surface area contributed by atoms with Crippen molar-refractivity contribution in [2.75, 3.05) is 5.32 Å². The second-order valence-electron chi connectivity index (χ2n) is 5.68. The van der Waals surface area contributed by atoms with Crippen LogP contribution < -0.4 is 11.0 Å². The van der Waals surface area contributed by atoms with Crippen LogP contribution in [0.1, 0.15) is 45.4 Å². The number of aromatic nitrogens is 4. The maximum atomic E-state index is 11.4. The Bertz CT molecular complexity index is 624. The molecule has 1 saturated carbocycles. The molecule has 1 aliphatic carbocycles. The number of nitrogens with one attached hydrogen (secondary N) is 2. The Balaban J connectivity index is 1.64. The van der Waals surface area contributed by atoms with Gasteiger partial charge in [-0.1, -0.05) is 19.8 Å². The molecule has 0 radical (unpaired) electrons. The first-order valence-electron chi connectivity index (χ1n) is 7.45. The summed E-state index contributed by atoms with van der Waals surface area (Å²) in [6.07, 6.45) is 9.16. The predicted molar refractivity (Wildman–Crippen MR) is 77.9 cm³/mol. The van der Waals surface area contributed by atoms with Crippen LogP contribution in [0.25, 0.3) is 5.65 Å². The van der Waals surface area contributed by atoms with E-state index in [4.69, 9.17) is 0 Å². The highest BCUT2D eigenvalue weighted by Gasteiger charge is 2.20. The first kappa shape index (κ1) is 13.1. The number of nitrogens with zero attached hydrogens (tertiary/aromatic N) is 3. The minimum Gasteiger partial charge on any atom is -0.367 e. The number of H-pyrrole nitrogens is 1. The number of hydrogen-bond acceptors (Lipinski definition) is 4. The van der Waals surface area contributed by atoms with Gasteiger partial charge < -0.3 is 5.32 Å². The normalized spacial score (nSPS) is 23.1. The zero-order valence-electron chi connectivity index (χ0n) is 11.8. The number of aromatic amines is 1. The van der Waals surface area contributed by atoms with E-state index in [0.29, 0.717) is 11.7 Å². The fourth-order valence-corrected chi connectivity index (χ4v) is 3.10. The van der Waals surface area contributed by atoms with Crippen molar-refractivity contribution in [3.8, 4) is 0 Å². The molecule has 108 valence electrons. The van der Waals surface area contributed by atoms with Crippen LogP contribution >= 0.6 is 0 Å². The summed E-state index contributed by atoms with van der Waals surface area (Å²) in [6.45, 7) is 2.26. The van der Waals surface area contributed by atoms with E-state index < -0.39 is 0 Å². The van der Waals surface area contributed by atoms with Gasteiger partial charge in [-0.05, 0) is 31.6 Å². The largest absolute Gasteiger partial charge is 0.367 e. The first-order chi connectivity index (χ1) is 9.76. The molecule has 2 aromatic rings. The Labute approximate surface area is 117 Å². The lowest BCUT2D eigenvalue weighted by molar-refractivity contribution is 0.318. The summed E-state index contributed by atoms with van der Waals surface area (Å²) in [5, 5.41) is 9.84. The van der Waals surface area contributed by atoms with E-state index in [2.05, 4.69) is 27.4 Å². The molecule has 6 nitrogen and oxygen atoms in total. The van der Waals surface area contributed by atoms with Crippen molar-refractivity contribution < 1.29 is 0 Å². The van der Waals surface area contributed by atoms with Crippen LogP contribution in [0.5, 0.6) is 0 Å². The van der Waals surface area contributed by atoms with Gasteiger partial charge >= 0.3 is 5.69 Å². The lowest BCUT2D eigenvalue weighted by atomic mass is 9.83. The van der Waals surface area contributed by atoms with Gasteiger partial charge in [0.25, 0.3) is 0 Å². The van der Waals surface area contributed by atoms with E-state index in [1.165, 1.54) is 49.3 Å². The lowest BCUT2D eigenvalue weighted by Gasteiger charge is -2.29. The Kier molecular flexibility index (Phi) is 3.71. The summed E-state index contributed by atoms with van der Waals surface area (Å²) in [6, 6.07) is 2.31. The topological polar surface area (TPSA) is 75.1 Å². The monoisotopic (exact) mass is 275 g/mol. The number of fused-ring (bicyclic) bond motifs is 1. The average Bonchev–Trinajstić information content (AvgIpc) is 2.83. The van der Waals surface area contributed by atoms with Gasteiger partial charge in [-0.3, -0.25) is 0 Å². The molecular formula is C14H21N5O. The van der Waals surface area contributed by atoms with Crippen molar-refractivity contribution in [3.63, 3.8) is 0 Å². The molecule has 0 spiro atoms. The molecule has 3 rings (SSSR count).